The number of thioether (sulfide) groups is 1. The molecule has 1 aliphatic rings. The number of hydrogen-bond donors (Lipinski definition) is 0. The average Bonchev–Trinajstić information content (AvgIpc) is 3.32. The van der Waals surface area contributed by atoms with E-state index in [0.29, 0.717) is 22.8 Å². The molecule has 0 spiro atoms. The van der Waals surface area contributed by atoms with Gasteiger partial charge in [0.05, 0.1) is 23.1 Å². The molecule has 2 amide bonds. The van der Waals surface area contributed by atoms with Crippen molar-refractivity contribution in [3.63, 3.8) is 0 Å². The molecule has 184 valence electrons. The summed E-state index contributed by atoms with van der Waals surface area (Å²) in [4.78, 5) is 27.5. The van der Waals surface area contributed by atoms with Gasteiger partial charge in [0, 0.05) is 28.7 Å². The molecule has 4 aromatic rings. The summed E-state index contributed by atoms with van der Waals surface area (Å²) in [6.45, 7) is 4.92. The van der Waals surface area contributed by atoms with Crippen LogP contribution in [0.15, 0.2) is 77.7 Å². The van der Waals surface area contributed by atoms with Crippen molar-refractivity contribution >= 4 is 39.9 Å². The maximum Gasteiger partial charge on any atom is 0.293 e. The van der Waals surface area contributed by atoms with Crippen LogP contribution < -0.4 is 4.74 Å². The molecule has 37 heavy (non-hydrogen) atoms. The highest BCUT2D eigenvalue weighted by atomic mass is 32.2. The van der Waals surface area contributed by atoms with Gasteiger partial charge in [0.15, 0.2) is 0 Å². The minimum absolute atomic E-state index is 0.182. The van der Waals surface area contributed by atoms with Crippen molar-refractivity contribution in [3.05, 3.63) is 106 Å². The molecule has 0 N–H and O–H groups in total. The van der Waals surface area contributed by atoms with Gasteiger partial charge in [-0.25, -0.2) is 0 Å². The summed E-state index contributed by atoms with van der Waals surface area (Å²) < 4.78 is 7.90. The van der Waals surface area contributed by atoms with Crippen molar-refractivity contribution in [1.29, 1.82) is 5.26 Å². The molecule has 2 heterocycles. The Hall–Kier alpha value is -4.28. The van der Waals surface area contributed by atoms with Crippen LogP contribution in [0.25, 0.3) is 17.0 Å². The Bertz CT molecular complexity index is 1600. The number of benzene rings is 3. The lowest BCUT2D eigenvalue weighted by Gasteiger charge is -2.13. The maximum atomic E-state index is 13.2. The zero-order chi connectivity index (χ0) is 25.9. The maximum absolute atomic E-state index is 13.2. The summed E-state index contributed by atoms with van der Waals surface area (Å²) in [5.74, 6) is 0.401. The van der Waals surface area contributed by atoms with Crippen molar-refractivity contribution in [1.82, 2.24) is 9.47 Å². The number of imide groups is 1. The van der Waals surface area contributed by atoms with E-state index in [2.05, 4.69) is 10.6 Å². The third-order valence-electron chi connectivity index (χ3n) is 6.47. The topological polar surface area (TPSA) is 75.3 Å². The Morgan fingerprint density at radius 1 is 1.00 bits per heavy atom. The lowest BCUT2D eigenvalue weighted by atomic mass is 10.1. The quantitative estimate of drug-likeness (QED) is 0.275. The number of fused-ring (bicyclic) bond motifs is 1. The molecule has 6 nitrogen and oxygen atoms in total. The number of para-hydroxylation sites is 1. The molecule has 1 aromatic heterocycles. The van der Waals surface area contributed by atoms with Crippen LogP contribution in [0.5, 0.6) is 5.75 Å². The van der Waals surface area contributed by atoms with E-state index < -0.39 is 0 Å². The zero-order valence-corrected chi connectivity index (χ0v) is 21.4. The largest absolute Gasteiger partial charge is 0.492 e. The van der Waals surface area contributed by atoms with Gasteiger partial charge in [0.25, 0.3) is 11.1 Å². The fourth-order valence-corrected chi connectivity index (χ4v) is 5.41. The third-order valence-corrected chi connectivity index (χ3v) is 7.38. The molecular formula is C30H25N3O3S. The van der Waals surface area contributed by atoms with Crippen LogP contribution in [0, 0.1) is 25.2 Å². The van der Waals surface area contributed by atoms with Crippen molar-refractivity contribution in [2.24, 2.45) is 0 Å². The number of carbonyl (C=O) groups is 2. The third kappa shape index (κ3) is 4.89. The molecular weight excluding hydrogens is 482 g/mol. The Balaban J connectivity index is 1.41. The summed E-state index contributed by atoms with van der Waals surface area (Å²) in [5.41, 5.74) is 5.50. The van der Waals surface area contributed by atoms with E-state index in [-0.39, 0.29) is 24.3 Å². The van der Waals surface area contributed by atoms with E-state index >= 15 is 0 Å². The van der Waals surface area contributed by atoms with Gasteiger partial charge in [0.1, 0.15) is 12.4 Å². The molecule has 7 heteroatoms. The Labute approximate surface area is 219 Å². The molecule has 5 rings (SSSR count). The molecule has 3 aromatic carbocycles. The van der Waals surface area contributed by atoms with E-state index in [0.717, 1.165) is 45.0 Å². The number of hydrogen-bond acceptors (Lipinski definition) is 5. The van der Waals surface area contributed by atoms with E-state index in [1.807, 2.05) is 92.7 Å². The molecule has 0 atom stereocenters. The molecule has 0 radical (unpaired) electrons. The highest BCUT2D eigenvalue weighted by molar-refractivity contribution is 8.18. The summed E-state index contributed by atoms with van der Waals surface area (Å²) in [5, 5.41) is 10.2. The van der Waals surface area contributed by atoms with E-state index in [4.69, 9.17) is 4.74 Å². The second-order valence-electron chi connectivity index (χ2n) is 8.87. The molecule has 1 aliphatic heterocycles. The fraction of sp³-hybridized carbons (Fsp3) is 0.167. The summed E-state index contributed by atoms with van der Waals surface area (Å²) in [6, 6.07) is 25.5. The molecule has 0 bridgehead atoms. The number of rotatable bonds is 7. The summed E-state index contributed by atoms with van der Waals surface area (Å²) >= 11 is 0.953. The van der Waals surface area contributed by atoms with E-state index in [9.17, 15) is 14.9 Å². The number of aryl methyl sites for hydroxylation is 1. The molecule has 1 saturated heterocycles. The predicted molar refractivity (Wildman–Crippen MR) is 146 cm³/mol. The standard InChI is InChI=1S/C30H25N3O3S/c1-20-8-7-11-24(16-20)36-15-14-32-29(34)28(37-30(32)35)17-26-21(2)33(27-13-6-5-12-25(26)27)19-23-10-4-3-9-22(23)18-31/h3-13,16-17H,14-15,19H2,1-2H3/b28-17-. The lowest BCUT2D eigenvalue weighted by Crippen LogP contribution is -2.32. The van der Waals surface area contributed by atoms with Crippen LogP contribution in [-0.4, -0.2) is 33.8 Å². The van der Waals surface area contributed by atoms with Crippen LogP contribution in [0.1, 0.15) is 27.9 Å². The number of carbonyl (C=O) groups excluding carboxylic acids is 2. The smallest absolute Gasteiger partial charge is 0.293 e. The molecule has 0 unspecified atom stereocenters. The molecule has 0 aliphatic carbocycles. The predicted octanol–water partition coefficient (Wildman–Crippen LogP) is 6.29. The Morgan fingerprint density at radius 3 is 2.59 bits per heavy atom. The van der Waals surface area contributed by atoms with Crippen molar-refractivity contribution in [2.75, 3.05) is 13.2 Å². The van der Waals surface area contributed by atoms with Gasteiger partial charge in [0.2, 0.25) is 0 Å². The lowest BCUT2D eigenvalue weighted by molar-refractivity contribution is -0.123. The molecule has 1 fully saturated rings. The number of nitriles is 1. The summed E-state index contributed by atoms with van der Waals surface area (Å²) in [6.07, 6.45) is 1.82. The van der Waals surface area contributed by atoms with Gasteiger partial charge in [-0.1, -0.05) is 48.5 Å². The second-order valence-corrected chi connectivity index (χ2v) is 9.86. The zero-order valence-electron chi connectivity index (χ0n) is 20.6. The summed E-state index contributed by atoms with van der Waals surface area (Å²) in [7, 11) is 0. The van der Waals surface area contributed by atoms with Gasteiger partial charge >= 0.3 is 0 Å². The van der Waals surface area contributed by atoms with Crippen LogP contribution in [0.2, 0.25) is 0 Å². The van der Waals surface area contributed by atoms with Crippen molar-refractivity contribution in [3.8, 4) is 11.8 Å². The number of aromatic nitrogens is 1. The van der Waals surface area contributed by atoms with Crippen molar-refractivity contribution in [2.45, 2.75) is 20.4 Å². The first-order chi connectivity index (χ1) is 18.0. The normalized spacial score (nSPS) is 14.5. The minimum atomic E-state index is -0.311. The first-order valence-corrected chi connectivity index (χ1v) is 12.8. The van der Waals surface area contributed by atoms with Gasteiger partial charge in [-0.2, -0.15) is 5.26 Å². The van der Waals surface area contributed by atoms with Crippen LogP contribution in [0.4, 0.5) is 4.79 Å². The fourth-order valence-electron chi connectivity index (χ4n) is 4.57. The van der Waals surface area contributed by atoms with Gasteiger partial charge in [-0.05, 0) is 67.1 Å². The van der Waals surface area contributed by atoms with Crippen LogP contribution >= 0.6 is 11.8 Å². The van der Waals surface area contributed by atoms with Crippen LogP contribution in [0.3, 0.4) is 0 Å². The minimum Gasteiger partial charge on any atom is -0.492 e. The Kier molecular flexibility index (Phi) is 6.85. The van der Waals surface area contributed by atoms with E-state index in [1.165, 1.54) is 4.90 Å². The number of nitrogens with zero attached hydrogens (tertiary/aromatic N) is 3. The van der Waals surface area contributed by atoms with E-state index in [1.54, 1.807) is 0 Å². The SMILES string of the molecule is Cc1cccc(OCCN2C(=O)S/C(=C\c3c(C)n(Cc4ccccc4C#N)c4ccccc34)C2=O)c1. The second kappa shape index (κ2) is 10.4. The number of amides is 2. The highest BCUT2D eigenvalue weighted by Crippen LogP contribution is 2.36. The Morgan fingerprint density at radius 2 is 1.78 bits per heavy atom. The average molecular weight is 508 g/mol. The van der Waals surface area contributed by atoms with Gasteiger partial charge in [-0.3, -0.25) is 14.5 Å². The van der Waals surface area contributed by atoms with Crippen LogP contribution in [-0.2, 0) is 11.3 Å². The number of ether oxygens (including phenoxy) is 1. The molecule has 0 saturated carbocycles. The first kappa shape index (κ1) is 24.4. The monoisotopic (exact) mass is 507 g/mol. The van der Waals surface area contributed by atoms with Gasteiger partial charge in [-0.15, -0.1) is 0 Å². The van der Waals surface area contributed by atoms with Crippen molar-refractivity contribution < 1.29 is 14.3 Å². The first-order valence-electron chi connectivity index (χ1n) is 12.0. The highest BCUT2D eigenvalue weighted by Gasteiger charge is 2.35. The van der Waals surface area contributed by atoms with Gasteiger partial charge < -0.3 is 9.30 Å².